The minimum Gasteiger partial charge on any atom is -0.393 e. The number of hydrogen-bond donors (Lipinski definition) is 1. The van der Waals surface area contributed by atoms with Crippen LogP contribution in [0.25, 0.3) is 0 Å². The molecule has 0 spiro atoms. The van der Waals surface area contributed by atoms with Gasteiger partial charge in [-0.1, -0.05) is 20.3 Å². The van der Waals surface area contributed by atoms with E-state index >= 15 is 0 Å². The highest BCUT2D eigenvalue weighted by Gasteiger charge is 2.57. The predicted molar refractivity (Wildman–Crippen MR) is 82.4 cm³/mol. The van der Waals surface area contributed by atoms with E-state index in [9.17, 15) is 5.11 Å². The van der Waals surface area contributed by atoms with Gasteiger partial charge in [-0.3, -0.25) is 0 Å². The molecule has 0 radical (unpaired) electrons. The van der Waals surface area contributed by atoms with Crippen LogP contribution in [0.15, 0.2) is 0 Å². The van der Waals surface area contributed by atoms with Gasteiger partial charge in [0.05, 0.1) is 6.10 Å². The van der Waals surface area contributed by atoms with Crippen LogP contribution in [-0.4, -0.2) is 11.2 Å². The summed E-state index contributed by atoms with van der Waals surface area (Å²) in [5.74, 6) is 3.85. The van der Waals surface area contributed by atoms with Crippen LogP contribution >= 0.6 is 0 Å². The third-order valence-corrected chi connectivity index (χ3v) is 8.42. The maximum atomic E-state index is 10.0. The molecule has 0 saturated heterocycles. The Kier molecular flexibility index (Phi) is 3.05. The Bertz CT molecular complexity index is 391. The number of aliphatic hydroxyl groups is 1. The van der Waals surface area contributed by atoms with Crippen molar-refractivity contribution >= 4 is 0 Å². The lowest BCUT2D eigenvalue weighted by Gasteiger charge is -2.60. The van der Waals surface area contributed by atoms with E-state index in [2.05, 4.69) is 13.8 Å². The van der Waals surface area contributed by atoms with Gasteiger partial charge in [-0.05, 0) is 92.3 Å². The molecule has 0 aliphatic heterocycles. The molecular formula is C19H32O. The molecule has 7 atom stereocenters. The van der Waals surface area contributed by atoms with Gasteiger partial charge in [0.1, 0.15) is 0 Å². The summed E-state index contributed by atoms with van der Waals surface area (Å²) >= 11 is 0. The fraction of sp³-hybridized carbons (Fsp3) is 1.00. The first-order valence-electron chi connectivity index (χ1n) is 9.21. The lowest BCUT2D eigenvalue weighted by atomic mass is 9.45. The normalized spacial score (nSPS) is 58.6. The summed E-state index contributed by atoms with van der Waals surface area (Å²) in [5.41, 5.74) is 1.25. The maximum absolute atomic E-state index is 10.0. The Morgan fingerprint density at radius 3 is 2.55 bits per heavy atom. The molecule has 4 fully saturated rings. The standard InChI is InChI=1S/C19H32O/c1-18-9-3-4-16(18)15-6-5-13-12-14(20)7-11-19(13,2)17(15)8-10-18/h13-17,20H,3-12H2,1-2H3/t13-,14+,15-,16+,17+,18+,19+/m0/s1. The van der Waals surface area contributed by atoms with Crippen molar-refractivity contribution in [2.75, 3.05) is 0 Å². The molecule has 1 N–H and O–H groups in total. The Balaban J connectivity index is 1.62. The van der Waals surface area contributed by atoms with E-state index in [1.807, 2.05) is 0 Å². The first-order valence-corrected chi connectivity index (χ1v) is 9.21. The first-order chi connectivity index (χ1) is 9.53. The van der Waals surface area contributed by atoms with Gasteiger partial charge in [-0.25, -0.2) is 0 Å². The van der Waals surface area contributed by atoms with Gasteiger partial charge >= 0.3 is 0 Å². The van der Waals surface area contributed by atoms with Crippen molar-refractivity contribution in [1.29, 1.82) is 0 Å². The molecule has 4 saturated carbocycles. The Morgan fingerprint density at radius 1 is 0.850 bits per heavy atom. The van der Waals surface area contributed by atoms with E-state index in [4.69, 9.17) is 0 Å². The maximum Gasteiger partial charge on any atom is 0.0543 e. The summed E-state index contributed by atoms with van der Waals surface area (Å²) in [6.45, 7) is 5.19. The summed E-state index contributed by atoms with van der Waals surface area (Å²) in [5, 5.41) is 10.0. The van der Waals surface area contributed by atoms with Gasteiger partial charge in [0, 0.05) is 0 Å². The minimum absolute atomic E-state index is 0.00459. The zero-order valence-electron chi connectivity index (χ0n) is 13.4. The lowest BCUT2D eigenvalue weighted by Crippen LogP contribution is -2.53. The second-order valence-electron chi connectivity index (χ2n) is 9.17. The number of hydrogen-bond acceptors (Lipinski definition) is 1. The summed E-state index contributed by atoms with van der Waals surface area (Å²) in [6, 6.07) is 0. The summed E-state index contributed by atoms with van der Waals surface area (Å²) < 4.78 is 0. The Morgan fingerprint density at radius 2 is 1.70 bits per heavy atom. The molecule has 4 rings (SSSR count). The molecule has 1 nitrogen and oxygen atoms in total. The zero-order valence-corrected chi connectivity index (χ0v) is 13.4. The molecule has 0 heterocycles. The van der Waals surface area contributed by atoms with Gasteiger partial charge < -0.3 is 5.11 Å². The average molecular weight is 276 g/mol. The molecule has 0 amide bonds. The highest BCUT2D eigenvalue weighted by molar-refractivity contribution is 5.07. The van der Waals surface area contributed by atoms with Crippen LogP contribution in [0.5, 0.6) is 0 Å². The summed E-state index contributed by atoms with van der Waals surface area (Å²) in [6.07, 6.45) is 13.8. The van der Waals surface area contributed by atoms with Crippen molar-refractivity contribution in [1.82, 2.24) is 0 Å². The highest BCUT2D eigenvalue weighted by atomic mass is 16.3. The van der Waals surface area contributed by atoms with Crippen molar-refractivity contribution in [3.05, 3.63) is 0 Å². The Hall–Kier alpha value is -0.0400. The average Bonchev–Trinajstić information content (AvgIpc) is 2.81. The lowest BCUT2D eigenvalue weighted by molar-refractivity contribution is -0.120. The van der Waals surface area contributed by atoms with Gasteiger partial charge in [-0.2, -0.15) is 0 Å². The number of fused-ring (bicyclic) bond motifs is 5. The van der Waals surface area contributed by atoms with Crippen LogP contribution in [-0.2, 0) is 0 Å². The third kappa shape index (κ3) is 1.77. The van der Waals surface area contributed by atoms with Gasteiger partial charge in [-0.15, -0.1) is 0 Å². The fourth-order valence-electron chi connectivity index (χ4n) is 7.23. The van der Waals surface area contributed by atoms with Crippen molar-refractivity contribution in [2.45, 2.75) is 84.2 Å². The van der Waals surface area contributed by atoms with E-state index < -0.39 is 0 Å². The SMILES string of the molecule is C[C@]12CCC[C@@H]1[C@@H]1CC[C@H]3C[C@H](O)CC[C@@]3(C)[C@@H]1CC2. The predicted octanol–water partition coefficient (Wildman–Crippen LogP) is 4.78. The van der Waals surface area contributed by atoms with Gasteiger partial charge in [0.15, 0.2) is 0 Å². The molecule has 0 aromatic heterocycles. The van der Waals surface area contributed by atoms with Crippen molar-refractivity contribution < 1.29 is 5.11 Å². The van der Waals surface area contributed by atoms with E-state index in [0.717, 1.165) is 36.5 Å². The number of aliphatic hydroxyl groups excluding tert-OH is 1. The van der Waals surface area contributed by atoms with E-state index in [0.29, 0.717) is 10.8 Å². The van der Waals surface area contributed by atoms with Gasteiger partial charge in [0.2, 0.25) is 0 Å². The van der Waals surface area contributed by atoms with E-state index in [1.165, 1.54) is 51.4 Å². The molecule has 0 unspecified atom stereocenters. The molecule has 20 heavy (non-hydrogen) atoms. The van der Waals surface area contributed by atoms with Gasteiger partial charge in [0.25, 0.3) is 0 Å². The van der Waals surface area contributed by atoms with Crippen molar-refractivity contribution in [2.24, 2.45) is 34.5 Å². The Labute approximate surface area is 124 Å². The van der Waals surface area contributed by atoms with Crippen LogP contribution in [0.1, 0.15) is 78.1 Å². The quantitative estimate of drug-likeness (QED) is 0.675. The molecule has 4 aliphatic carbocycles. The highest BCUT2D eigenvalue weighted by Crippen LogP contribution is 2.66. The molecule has 0 aromatic rings. The molecule has 114 valence electrons. The molecule has 4 aliphatic rings. The van der Waals surface area contributed by atoms with Crippen LogP contribution in [0.2, 0.25) is 0 Å². The third-order valence-electron chi connectivity index (χ3n) is 8.42. The fourth-order valence-corrected chi connectivity index (χ4v) is 7.23. The van der Waals surface area contributed by atoms with Crippen LogP contribution in [0, 0.1) is 34.5 Å². The van der Waals surface area contributed by atoms with E-state index in [1.54, 1.807) is 0 Å². The van der Waals surface area contributed by atoms with Crippen LogP contribution < -0.4 is 0 Å². The summed E-state index contributed by atoms with van der Waals surface area (Å²) in [7, 11) is 0. The monoisotopic (exact) mass is 276 g/mol. The molecular weight excluding hydrogens is 244 g/mol. The van der Waals surface area contributed by atoms with Crippen molar-refractivity contribution in [3.8, 4) is 0 Å². The topological polar surface area (TPSA) is 20.2 Å². The zero-order chi connectivity index (χ0) is 14.0. The second-order valence-corrected chi connectivity index (χ2v) is 9.17. The first kappa shape index (κ1) is 13.6. The molecule has 1 heteroatoms. The molecule has 0 aromatic carbocycles. The second kappa shape index (κ2) is 4.48. The largest absolute Gasteiger partial charge is 0.393 e. The molecule has 0 bridgehead atoms. The van der Waals surface area contributed by atoms with Crippen LogP contribution in [0.4, 0.5) is 0 Å². The smallest absolute Gasteiger partial charge is 0.0543 e. The number of rotatable bonds is 0. The van der Waals surface area contributed by atoms with Crippen molar-refractivity contribution in [3.63, 3.8) is 0 Å². The summed E-state index contributed by atoms with van der Waals surface area (Å²) in [4.78, 5) is 0. The van der Waals surface area contributed by atoms with E-state index in [-0.39, 0.29) is 6.10 Å². The van der Waals surface area contributed by atoms with Crippen LogP contribution in [0.3, 0.4) is 0 Å². The minimum atomic E-state index is 0.00459.